The van der Waals surface area contributed by atoms with E-state index in [0.717, 1.165) is 128 Å². The van der Waals surface area contributed by atoms with Crippen LogP contribution < -0.4 is 4.90 Å². The predicted molar refractivity (Wildman–Crippen MR) is 526 cm³/mol. The largest absolute Gasteiger partial charge is 0.381 e. The van der Waals surface area contributed by atoms with E-state index < -0.39 is 0 Å². The molecule has 0 radical (unpaired) electrons. The Kier molecular flexibility index (Phi) is 29.4. The highest BCUT2D eigenvalue weighted by atomic mass is 16.5. The summed E-state index contributed by atoms with van der Waals surface area (Å²) in [7, 11) is 0. The molecule has 0 aromatic heterocycles. The topological polar surface area (TPSA) is 40.2 Å². The average molecular weight is 1650 g/mol. The molecule has 2 aliphatic heterocycles. The van der Waals surface area contributed by atoms with Gasteiger partial charge in [0.2, 0.25) is 0 Å². The number of anilines is 3. The van der Waals surface area contributed by atoms with Crippen LogP contribution in [0.3, 0.4) is 0 Å². The number of benzene rings is 11. The highest BCUT2D eigenvalue weighted by Crippen LogP contribution is 2.61. The van der Waals surface area contributed by atoms with E-state index in [0.29, 0.717) is 5.92 Å². The third kappa shape index (κ3) is 19.3. The lowest BCUT2D eigenvalue weighted by Crippen LogP contribution is -2.43. The fraction of sp³-hybridized carbons (Fsp3) is 0.445. The Balaban J connectivity index is 0.776. The van der Waals surface area contributed by atoms with Crippen molar-refractivity contribution in [1.29, 1.82) is 0 Å². The van der Waals surface area contributed by atoms with Crippen molar-refractivity contribution in [2.75, 3.05) is 57.8 Å². The molecule has 16 rings (SSSR count). The molecule has 0 bridgehead atoms. The quantitative estimate of drug-likeness (QED) is 0.0356. The molecule has 0 spiro atoms. The number of unbranched alkanes of at least 4 members (excludes halogenated alkanes) is 18. The van der Waals surface area contributed by atoms with Crippen molar-refractivity contribution in [1.82, 2.24) is 0 Å². The van der Waals surface area contributed by atoms with Gasteiger partial charge in [0.15, 0.2) is 0 Å². The van der Waals surface area contributed by atoms with Crippen molar-refractivity contribution in [3.05, 3.63) is 282 Å². The van der Waals surface area contributed by atoms with Gasteiger partial charge in [0.1, 0.15) is 0 Å². The van der Waals surface area contributed by atoms with Gasteiger partial charge in [0, 0.05) is 57.4 Å². The lowest BCUT2D eigenvalue weighted by molar-refractivity contribution is -0.137. The summed E-state index contributed by atoms with van der Waals surface area (Å²) < 4.78 is 24.1. The Morgan fingerprint density at radius 1 is 0.274 bits per heavy atom. The predicted octanol–water partition coefficient (Wildman–Crippen LogP) is 33.7. The molecule has 124 heavy (non-hydrogen) atoms. The van der Waals surface area contributed by atoms with Crippen LogP contribution in [0.1, 0.15) is 299 Å². The van der Waals surface area contributed by atoms with Crippen LogP contribution in [0.5, 0.6) is 0 Å². The van der Waals surface area contributed by atoms with Crippen LogP contribution in [-0.2, 0) is 35.2 Å². The second-order valence-corrected chi connectivity index (χ2v) is 39.2. The summed E-state index contributed by atoms with van der Waals surface area (Å²) >= 11 is 0. The van der Waals surface area contributed by atoms with Crippen molar-refractivity contribution in [3.63, 3.8) is 0 Å². The van der Waals surface area contributed by atoms with Crippen LogP contribution in [0.15, 0.2) is 243 Å². The molecule has 0 N–H and O–H groups in total. The van der Waals surface area contributed by atoms with Gasteiger partial charge in [-0.2, -0.15) is 0 Å². The Labute approximate surface area is 747 Å². The normalized spacial score (nSPS) is 15.7. The molecule has 2 heterocycles. The van der Waals surface area contributed by atoms with E-state index in [2.05, 4.69) is 303 Å². The average Bonchev–Trinajstić information content (AvgIpc) is 1.56. The van der Waals surface area contributed by atoms with Gasteiger partial charge in [-0.05, 0) is 264 Å². The van der Waals surface area contributed by atoms with E-state index in [1.165, 1.54) is 241 Å². The Bertz CT molecular complexity index is 5220. The molecular weight excluding hydrogens is 1510 g/mol. The van der Waals surface area contributed by atoms with Crippen LogP contribution in [0.4, 0.5) is 17.1 Å². The van der Waals surface area contributed by atoms with E-state index in [1.807, 2.05) is 0 Å². The highest BCUT2D eigenvalue weighted by Gasteiger charge is 2.47. The maximum atomic E-state index is 6.41. The summed E-state index contributed by atoms with van der Waals surface area (Å²) in [6.45, 7) is 25.1. The van der Waals surface area contributed by atoms with Gasteiger partial charge in [0.05, 0.1) is 39.6 Å². The van der Waals surface area contributed by atoms with E-state index >= 15 is 0 Å². The summed E-state index contributed by atoms with van der Waals surface area (Å²) in [5.41, 5.74) is 35.7. The van der Waals surface area contributed by atoms with Crippen molar-refractivity contribution in [2.24, 2.45) is 10.8 Å². The third-order valence-corrected chi connectivity index (χ3v) is 29.7. The maximum Gasteiger partial charge on any atom is 0.0564 e. The monoisotopic (exact) mass is 1650 g/mol. The van der Waals surface area contributed by atoms with E-state index in [9.17, 15) is 0 Å². The minimum Gasteiger partial charge on any atom is -0.381 e. The molecular formula is C119H143NO4. The van der Waals surface area contributed by atoms with Crippen molar-refractivity contribution in [2.45, 2.75) is 277 Å². The number of hydrogen-bond acceptors (Lipinski definition) is 5. The SMILES string of the molecule is CCCCCCC1(CCCCCC)c2cc(-c3ccccc3)ccc2-c2ccc(-c3ccc4c(c3)C(CCCCCCOCC3(C)COC3)(CCCCCCOCC3(C)COC3)c3cc(-c5ccc6c(c5)C(CCCCCC)(CCCCCC)c5cc(-c7ccc(N(c8ccc(-c9ccccc9)cc8)c8ccc(C(C)CC)cc8)cc7)ccc5-6)ccc3-4)cc21. The van der Waals surface area contributed by atoms with Crippen LogP contribution in [0.2, 0.25) is 0 Å². The molecule has 5 aliphatic rings. The Hall–Kier alpha value is -8.94. The summed E-state index contributed by atoms with van der Waals surface area (Å²) in [6, 6.07) is 96.3. The fourth-order valence-corrected chi connectivity index (χ4v) is 22.1. The van der Waals surface area contributed by atoms with Gasteiger partial charge >= 0.3 is 0 Å². The third-order valence-electron chi connectivity index (χ3n) is 29.7. The van der Waals surface area contributed by atoms with Gasteiger partial charge in [-0.25, -0.2) is 0 Å². The lowest BCUT2D eigenvalue weighted by atomic mass is 9.69. The van der Waals surface area contributed by atoms with Crippen LogP contribution in [-0.4, -0.2) is 52.9 Å². The minimum absolute atomic E-state index is 0.0626. The van der Waals surface area contributed by atoms with Crippen LogP contribution in [0, 0.1) is 10.8 Å². The first-order chi connectivity index (χ1) is 60.8. The molecule has 0 amide bonds. The molecule has 11 aromatic rings. The van der Waals surface area contributed by atoms with Gasteiger partial charge in [0.25, 0.3) is 0 Å². The molecule has 1 atom stereocenters. The van der Waals surface area contributed by atoms with Crippen molar-refractivity contribution >= 4 is 17.1 Å². The van der Waals surface area contributed by atoms with E-state index in [1.54, 1.807) is 27.8 Å². The highest BCUT2D eigenvalue weighted by molar-refractivity contribution is 5.92. The lowest BCUT2D eigenvalue weighted by Gasteiger charge is -2.37. The van der Waals surface area contributed by atoms with E-state index in [4.69, 9.17) is 18.9 Å². The zero-order valence-electron chi connectivity index (χ0n) is 76.8. The molecule has 11 aromatic carbocycles. The van der Waals surface area contributed by atoms with Gasteiger partial charge in [-0.1, -0.05) is 367 Å². The molecule has 3 aliphatic carbocycles. The minimum atomic E-state index is -0.195. The summed E-state index contributed by atoms with van der Waals surface area (Å²) in [5.74, 6) is 0.504. The summed E-state index contributed by atoms with van der Waals surface area (Å²) in [6.07, 6.45) is 37.2. The number of fused-ring (bicyclic) bond motifs is 9. The van der Waals surface area contributed by atoms with Crippen LogP contribution in [0.25, 0.3) is 89.0 Å². The summed E-state index contributed by atoms with van der Waals surface area (Å²) in [4.78, 5) is 2.44. The molecule has 2 fully saturated rings. The van der Waals surface area contributed by atoms with Gasteiger partial charge in [-0.3, -0.25) is 0 Å². The fourth-order valence-electron chi connectivity index (χ4n) is 22.1. The molecule has 0 saturated carbocycles. The standard InChI is InChI=1S/C119H143NO4/c1-9-14-18-32-68-117(69-33-19-15-10-2)109-76-94(91-42-30-27-31-43-91)50-62-103(109)105-64-52-96(78-111(105)117)98-54-66-107-108-67-55-99(81-114(108)119(113(107)80-98,72-36-22-24-38-74-121-82-115(7)84-123-85-115)73-37-23-25-39-75-122-83-116(8)86-124-87-116)97-53-65-106-104-63-51-95(77-110(104)118(112(106)79-97,70-34-20-16-11-3)71-35-21-17-12-4)93-48-60-102(61-49-93)120(100-56-44-89(45-57-100)88(6)13-5)101-58-46-92(47-59-101)90-40-28-26-29-41-90/h26-31,40-67,76-81,88H,9-25,32-39,68-75,82-87H2,1-8H3. The van der Waals surface area contributed by atoms with E-state index in [-0.39, 0.29) is 27.1 Å². The zero-order chi connectivity index (χ0) is 85.4. The van der Waals surface area contributed by atoms with Crippen LogP contribution >= 0.6 is 0 Å². The molecule has 1 unspecified atom stereocenters. The number of hydrogen-bond donors (Lipinski definition) is 0. The molecule has 2 saturated heterocycles. The number of ether oxygens (including phenoxy) is 4. The molecule has 5 nitrogen and oxygen atoms in total. The van der Waals surface area contributed by atoms with Gasteiger partial charge < -0.3 is 23.8 Å². The Morgan fingerprint density at radius 2 is 0.516 bits per heavy atom. The molecule has 648 valence electrons. The second-order valence-electron chi connectivity index (χ2n) is 39.2. The number of nitrogens with zero attached hydrogens (tertiary/aromatic N) is 1. The second kappa shape index (κ2) is 41.2. The van der Waals surface area contributed by atoms with Gasteiger partial charge in [-0.15, -0.1) is 0 Å². The zero-order valence-corrected chi connectivity index (χ0v) is 76.8. The van der Waals surface area contributed by atoms with Crippen molar-refractivity contribution < 1.29 is 18.9 Å². The number of rotatable bonds is 48. The molecule has 5 heteroatoms. The maximum absolute atomic E-state index is 6.41. The summed E-state index contributed by atoms with van der Waals surface area (Å²) in [5, 5.41) is 0. The first-order valence-corrected chi connectivity index (χ1v) is 49.2. The Morgan fingerprint density at radius 3 is 0.790 bits per heavy atom. The first kappa shape index (κ1) is 88.5. The van der Waals surface area contributed by atoms with Crippen molar-refractivity contribution in [3.8, 4) is 89.0 Å². The first-order valence-electron chi connectivity index (χ1n) is 49.2. The smallest absolute Gasteiger partial charge is 0.0564 e.